The molecule has 0 radical (unpaired) electrons. The lowest BCUT2D eigenvalue weighted by Crippen LogP contribution is -2.44. The first kappa shape index (κ1) is 15.5. The predicted octanol–water partition coefficient (Wildman–Crippen LogP) is 1.16. The summed E-state index contributed by atoms with van der Waals surface area (Å²) in [4.78, 5) is 13.9. The van der Waals surface area contributed by atoms with Gasteiger partial charge in [-0.3, -0.25) is 4.90 Å². The molecule has 0 bridgehead atoms. The van der Waals surface area contributed by atoms with Gasteiger partial charge in [0, 0.05) is 38.8 Å². The quantitative estimate of drug-likeness (QED) is 0.629. The van der Waals surface area contributed by atoms with Gasteiger partial charge in [0.25, 0.3) is 0 Å². The fraction of sp³-hybridized carbons (Fsp3) is 0.438. The zero-order valence-electron chi connectivity index (χ0n) is 12.4. The third-order valence-corrected chi connectivity index (χ3v) is 3.37. The fourth-order valence-electron chi connectivity index (χ4n) is 2.17. The Kier molecular flexibility index (Phi) is 6.24. The van der Waals surface area contributed by atoms with E-state index in [4.69, 9.17) is 9.47 Å². The number of methoxy groups -OCH3 is 1. The van der Waals surface area contributed by atoms with E-state index in [1.165, 1.54) is 6.08 Å². The van der Waals surface area contributed by atoms with Gasteiger partial charge in [0.05, 0.1) is 7.11 Å². The van der Waals surface area contributed by atoms with Crippen LogP contribution in [0.3, 0.4) is 0 Å². The minimum Gasteiger partial charge on any atom is -0.497 e. The van der Waals surface area contributed by atoms with Crippen molar-refractivity contribution in [1.29, 1.82) is 0 Å². The minimum atomic E-state index is -0.312. The Labute approximate surface area is 125 Å². The molecule has 114 valence electrons. The van der Waals surface area contributed by atoms with Gasteiger partial charge in [0.15, 0.2) is 0 Å². The fourth-order valence-corrected chi connectivity index (χ4v) is 2.17. The van der Waals surface area contributed by atoms with E-state index in [0.29, 0.717) is 6.61 Å². The summed E-state index contributed by atoms with van der Waals surface area (Å²) >= 11 is 0. The molecule has 21 heavy (non-hydrogen) atoms. The second-order valence-electron chi connectivity index (χ2n) is 4.87. The highest BCUT2D eigenvalue weighted by atomic mass is 16.5. The molecule has 1 fully saturated rings. The highest BCUT2D eigenvalue weighted by Gasteiger charge is 2.09. The number of benzene rings is 1. The first-order chi connectivity index (χ1) is 10.3. The number of nitrogens with zero attached hydrogens (tertiary/aromatic N) is 1. The Bertz CT molecular complexity index is 482. The van der Waals surface area contributed by atoms with Crippen molar-refractivity contribution in [2.24, 2.45) is 0 Å². The summed E-state index contributed by atoms with van der Waals surface area (Å²) in [5.74, 6) is 0.456. The standard InChI is InChI=1S/C16H22N2O3/c1-20-15-4-2-3-14(13-15)5-6-16(19)21-12-11-18-9-7-17-8-10-18/h2-6,13,17H,7-12H2,1H3/b6-5+. The van der Waals surface area contributed by atoms with Crippen molar-refractivity contribution in [3.05, 3.63) is 35.9 Å². The van der Waals surface area contributed by atoms with Crippen molar-refractivity contribution < 1.29 is 14.3 Å². The van der Waals surface area contributed by atoms with Gasteiger partial charge in [0.1, 0.15) is 12.4 Å². The molecule has 0 aromatic heterocycles. The molecule has 1 aromatic carbocycles. The summed E-state index contributed by atoms with van der Waals surface area (Å²) in [7, 11) is 1.62. The second-order valence-corrected chi connectivity index (χ2v) is 4.87. The van der Waals surface area contributed by atoms with Gasteiger partial charge < -0.3 is 14.8 Å². The molecule has 0 saturated carbocycles. The molecule has 1 aromatic rings. The van der Waals surface area contributed by atoms with Crippen LogP contribution < -0.4 is 10.1 Å². The molecule has 0 spiro atoms. The van der Waals surface area contributed by atoms with E-state index in [-0.39, 0.29) is 5.97 Å². The molecule has 0 unspecified atom stereocenters. The van der Waals surface area contributed by atoms with Crippen LogP contribution in [0.15, 0.2) is 30.3 Å². The van der Waals surface area contributed by atoms with E-state index >= 15 is 0 Å². The molecule has 1 heterocycles. The maximum atomic E-state index is 11.6. The van der Waals surface area contributed by atoms with Crippen LogP contribution in [0.1, 0.15) is 5.56 Å². The van der Waals surface area contributed by atoms with Gasteiger partial charge in [-0.1, -0.05) is 12.1 Å². The summed E-state index contributed by atoms with van der Waals surface area (Å²) in [6, 6.07) is 7.52. The number of carbonyl (C=O) groups excluding carboxylic acids is 1. The second kappa shape index (κ2) is 8.44. The van der Waals surface area contributed by atoms with E-state index in [1.54, 1.807) is 13.2 Å². The Morgan fingerprint density at radius 2 is 2.19 bits per heavy atom. The van der Waals surface area contributed by atoms with Gasteiger partial charge in [0.2, 0.25) is 0 Å². The Hall–Kier alpha value is -1.85. The van der Waals surface area contributed by atoms with Gasteiger partial charge in [-0.05, 0) is 23.8 Å². The molecule has 0 aliphatic carbocycles. The van der Waals surface area contributed by atoms with Crippen LogP contribution >= 0.6 is 0 Å². The topological polar surface area (TPSA) is 50.8 Å². The Morgan fingerprint density at radius 1 is 1.38 bits per heavy atom. The SMILES string of the molecule is COc1cccc(/C=C/C(=O)OCCN2CCNCC2)c1. The van der Waals surface area contributed by atoms with Crippen molar-refractivity contribution in [1.82, 2.24) is 10.2 Å². The number of piperazine rings is 1. The van der Waals surface area contributed by atoms with Gasteiger partial charge >= 0.3 is 5.97 Å². The molecule has 5 heteroatoms. The third-order valence-electron chi connectivity index (χ3n) is 3.37. The molecule has 1 saturated heterocycles. The number of hydrogen-bond donors (Lipinski definition) is 1. The van der Waals surface area contributed by atoms with E-state index in [0.717, 1.165) is 44.0 Å². The number of nitrogens with one attached hydrogen (secondary N) is 1. The molecule has 0 atom stereocenters. The molecule has 0 amide bonds. The summed E-state index contributed by atoms with van der Waals surface area (Å²) in [6.07, 6.45) is 3.18. The maximum absolute atomic E-state index is 11.6. The van der Waals surface area contributed by atoms with Gasteiger partial charge in [-0.2, -0.15) is 0 Å². The smallest absolute Gasteiger partial charge is 0.330 e. The van der Waals surface area contributed by atoms with E-state index in [2.05, 4.69) is 10.2 Å². The monoisotopic (exact) mass is 290 g/mol. The van der Waals surface area contributed by atoms with Crippen molar-refractivity contribution in [2.75, 3.05) is 46.4 Å². The highest BCUT2D eigenvalue weighted by molar-refractivity contribution is 5.87. The zero-order chi connectivity index (χ0) is 14.9. The third kappa shape index (κ3) is 5.57. The first-order valence-electron chi connectivity index (χ1n) is 7.20. The number of rotatable bonds is 6. The molecular weight excluding hydrogens is 268 g/mol. The van der Waals surface area contributed by atoms with Crippen LogP contribution in [0.5, 0.6) is 5.75 Å². The van der Waals surface area contributed by atoms with Crippen LogP contribution in [0, 0.1) is 0 Å². The maximum Gasteiger partial charge on any atom is 0.330 e. The summed E-state index contributed by atoms with van der Waals surface area (Å²) in [5.41, 5.74) is 0.911. The van der Waals surface area contributed by atoms with E-state index in [9.17, 15) is 4.79 Å². The molecule has 5 nitrogen and oxygen atoms in total. The lowest BCUT2D eigenvalue weighted by Gasteiger charge is -2.26. The van der Waals surface area contributed by atoms with Gasteiger partial charge in [-0.25, -0.2) is 4.79 Å². The molecule has 2 rings (SSSR count). The van der Waals surface area contributed by atoms with Crippen LogP contribution in [0.4, 0.5) is 0 Å². The number of carbonyl (C=O) groups is 1. The van der Waals surface area contributed by atoms with Crippen LogP contribution in [0.25, 0.3) is 6.08 Å². The normalized spacial score (nSPS) is 16.0. The predicted molar refractivity (Wildman–Crippen MR) is 82.3 cm³/mol. The van der Waals surface area contributed by atoms with E-state index in [1.807, 2.05) is 24.3 Å². The average Bonchev–Trinajstić information content (AvgIpc) is 2.54. The van der Waals surface area contributed by atoms with Crippen molar-refractivity contribution in [3.63, 3.8) is 0 Å². The van der Waals surface area contributed by atoms with E-state index < -0.39 is 0 Å². The lowest BCUT2D eigenvalue weighted by atomic mass is 10.2. The Balaban J connectivity index is 1.71. The van der Waals surface area contributed by atoms with Crippen LogP contribution in [-0.4, -0.2) is 57.3 Å². The largest absolute Gasteiger partial charge is 0.497 e. The van der Waals surface area contributed by atoms with Crippen LogP contribution in [0.2, 0.25) is 0 Å². The summed E-state index contributed by atoms with van der Waals surface area (Å²) in [5, 5.41) is 3.29. The molecule has 1 aliphatic rings. The lowest BCUT2D eigenvalue weighted by molar-refractivity contribution is -0.138. The highest BCUT2D eigenvalue weighted by Crippen LogP contribution is 2.13. The number of ether oxygens (including phenoxy) is 2. The summed E-state index contributed by atoms with van der Waals surface area (Å²) < 4.78 is 10.3. The molecular formula is C16H22N2O3. The molecule has 1 aliphatic heterocycles. The Morgan fingerprint density at radius 3 is 2.95 bits per heavy atom. The zero-order valence-corrected chi connectivity index (χ0v) is 12.4. The number of hydrogen-bond acceptors (Lipinski definition) is 5. The first-order valence-corrected chi connectivity index (χ1v) is 7.20. The average molecular weight is 290 g/mol. The van der Waals surface area contributed by atoms with Crippen LogP contribution in [-0.2, 0) is 9.53 Å². The van der Waals surface area contributed by atoms with Crippen molar-refractivity contribution in [3.8, 4) is 5.75 Å². The minimum absolute atomic E-state index is 0.312. The van der Waals surface area contributed by atoms with Gasteiger partial charge in [-0.15, -0.1) is 0 Å². The molecule has 1 N–H and O–H groups in total. The van der Waals surface area contributed by atoms with Crippen molar-refractivity contribution >= 4 is 12.0 Å². The summed E-state index contributed by atoms with van der Waals surface area (Å²) in [6.45, 7) is 5.25. The number of esters is 1. The van der Waals surface area contributed by atoms with Crippen molar-refractivity contribution in [2.45, 2.75) is 0 Å².